The Morgan fingerprint density at radius 2 is 2.26 bits per heavy atom. The second-order valence-electron chi connectivity index (χ2n) is 4.21. The Hall–Kier alpha value is -1.02. The summed E-state index contributed by atoms with van der Waals surface area (Å²) in [5.74, 6) is 0.567. The molecule has 0 radical (unpaired) electrons. The predicted octanol–water partition coefficient (Wildman–Crippen LogP) is 2.63. The van der Waals surface area contributed by atoms with Gasteiger partial charge in [-0.05, 0) is 29.3 Å². The Kier molecular flexibility index (Phi) is 5.86. The standard InChI is InChI=1S/C11H16BrN3O3S/c1-7(19(3)18)4-5-13-11-10(12)8(2)9(6-14-11)15(16)17/h6-7H,4-5H2,1-3H3,(H,13,14). The summed E-state index contributed by atoms with van der Waals surface area (Å²) in [6, 6.07) is 0. The number of aromatic nitrogens is 1. The highest BCUT2D eigenvalue weighted by molar-refractivity contribution is 9.10. The molecule has 6 nitrogen and oxygen atoms in total. The van der Waals surface area contributed by atoms with E-state index in [1.807, 2.05) is 6.92 Å². The van der Waals surface area contributed by atoms with Gasteiger partial charge in [-0.25, -0.2) is 4.98 Å². The number of pyridine rings is 1. The molecule has 0 bridgehead atoms. The number of halogens is 1. The van der Waals surface area contributed by atoms with E-state index in [-0.39, 0.29) is 10.9 Å². The third-order valence-corrected chi connectivity index (χ3v) is 5.18. The van der Waals surface area contributed by atoms with E-state index in [1.165, 1.54) is 6.20 Å². The van der Waals surface area contributed by atoms with Crippen molar-refractivity contribution in [3.8, 4) is 0 Å². The molecule has 0 aliphatic rings. The van der Waals surface area contributed by atoms with Crippen LogP contribution in [0.15, 0.2) is 10.7 Å². The molecular weight excluding hydrogens is 334 g/mol. The van der Waals surface area contributed by atoms with E-state index in [9.17, 15) is 14.3 Å². The summed E-state index contributed by atoms with van der Waals surface area (Å²) < 4.78 is 11.8. The minimum atomic E-state index is -0.849. The van der Waals surface area contributed by atoms with Crippen LogP contribution < -0.4 is 5.32 Å². The molecule has 8 heteroatoms. The quantitative estimate of drug-likeness (QED) is 0.630. The number of anilines is 1. The largest absolute Gasteiger partial charge is 0.369 e. The second-order valence-corrected chi connectivity index (χ2v) is 6.81. The first-order valence-electron chi connectivity index (χ1n) is 5.70. The fraction of sp³-hybridized carbons (Fsp3) is 0.545. The predicted molar refractivity (Wildman–Crippen MR) is 80.0 cm³/mol. The van der Waals surface area contributed by atoms with Gasteiger partial charge in [-0.1, -0.05) is 6.92 Å². The molecule has 0 saturated carbocycles. The van der Waals surface area contributed by atoms with Gasteiger partial charge in [0.2, 0.25) is 0 Å². The van der Waals surface area contributed by atoms with Crippen molar-refractivity contribution in [2.45, 2.75) is 25.5 Å². The third-order valence-electron chi connectivity index (χ3n) is 2.84. The lowest BCUT2D eigenvalue weighted by Crippen LogP contribution is -2.15. The fourth-order valence-corrected chi connectivity index (χ4v) is 2.33. The zero-order valence-corrected chi connectivity index (χ0v) is 13.4. The number of rotatable bonds is 6. The molecule has 0 aliphatic carbocycles. The van der Waals surface area contributed by atoms with Gasteiger partial charge in [0, 0.05) is 34.4 Å². The highest BCUT2D eigenvalue weighted by atomic mass is 79.9. The Bertz CT molecular complexity index is 510. The number of nitrogens with zero attached hydrogens (tertiary/aromatic N) is 2. The normalized spacial score (nSPS) is 13.9. The Balaban J connectivity index is 2.73. The maximum atomic E-state index is 11.2. The molecule has 0 aliphatic heterocycles. The first-order chi connectivity index (χ1) is 8.84. The van der Waals surface area contributed by atoms with Crippen LogP contribution in [0.4, 0.5) is 11.5 Å². The SMILES string of the molecule is Cc1c([N+](=O)[O-])cnc(NCCC(C)S(C)=O)c1Br. The van der Waals surface area contributed by atoms with E-state index in [1.54, 1.807) is 13.2 Å². The minimum absolute atomic E-state index is 0.0135. The van der Waals surface area contributed by atoms with Gasteiger partial charge >= 0.3 is 0 Å². The fourth-order valence-electron chi connectivity index (χ4n) is 1.44. The van der Waals surface area contributed by atoms with Crippen LogP contribution in [0.5, 0.6) is 0 Å². The van der Waals surface area contributed by atoms with Crippen molar-refractivity contribution in [1.29, 1.82) is 0 Å². The molecule has 2 unspecified atom stereocenters. The van der Waals surface area contributed by atoms with Crippen molar-refractivity contribution in [1.82, 2.24) is 4.98 Å². The molecule has 1 aromatic heterocycles. The van der Waals surface area contributed by atoms with Crippen molar-refractivity contribution in [3.05, 3.63) is 26.3 Å². The van der Waals surface area contributed by atoms with Crippen molar-refractivity contribution in [2.75, 3.05) is 18.1 Å². The van der Waals surface area contributed by atoms with E-state index in [4.69, 9.17) is 0 Å². The molecule has 106 valence electrons. The van der Waals surface area contributed by atoms with Gasteiger partial charge in [-0.3, -0.25) is 14.3 Å². The van der Waals surface area contributed by atoms with Crippen molar-refractivity contribution >= 4 is 38.2 Å². The lowest BCUT2D eigenvalue weighted by Gasteiger charge is -2.11. The van der Waals surface area contributed by atoms with Crippen LogP contribution in [0.1, 0.15) is 18.9 Å². The zero-order valence-electron chi connectivity index (χ0n) is 11.0. The molecular formula is C11H16BrN3O3S. The van der Waals surface area contributed by atoms with Crippen LogP contribution >= 0.6 is 15.9 Å². The molecule has 1 aromatic rings. The van der Waals surface area contributed by atoms with E-state index in [0.717, 1.165) is 6.42 Å². The van der Waals surface area contributed by atoms with E-state index >= 15 is 0 Å². The monoisotopic (exact) mass is 349 g/mol. The Morgan fingerprint density at radius 1 is 1.63 bits per heavy atom. The van der Waals surface area contributed by atoms with E-state index in [0.29, 0.717) is 22.4 Å². The second kappa shape index (κ2) is 6.95. The van der Waals surface area contributed by atoms with Crippen LogP contribution in [0, 0.1) is 17.0 Å². The summed E-state index contributed by atoms with van der Waals surface area (Å²) in [5, 5.41) is 13.9. The Labute approximate surface area is 122 Å². The number of nitro groups is 1. The molecule has 0 saturated heterocycles. The maximum absolute atomic E-state index is 11.2. The summed E-state index contributed by atoms with van der Waals surface area (Å²) in [7, 11) is -0.849. The van der Waals surface area contributed by atoms with Gasteiger partial charge in [-0.2, -0.15) is 0 Å². The van der Waals surface area contributed by atoms with Crippen LogP contribution in [-0.4, -0.2) is 32.2 Å². The zero-order chi connectivity index (χ0) is 14.6. The van der Waals surface area contributed by atoms with Gasteiger partial charge in [-0.15, -0.1) is 0 Å². The summed E-state index contributed by atoms with van der Waals surface area (Å²) in [4.78, 5) is 14.3. The van der Waals surface area contributed by atoms with Crippen molar-refractivity contribution < 1.29 is 9.13 Å². The summed E-state index contributed by atoms with van der Waals surface area (Å²) in [6.45, 7) is 4.20. The highest BCUT2D eigenvalue weighted by Crippen LogP contribution is 2.30. The van der Waals surface area contributed by atoms with Gasteiger partial charge in [0.25, 0.3) is 5.69 Å². The summed E-state index contributed by atoms with van der Waals surface area (Å²) in [6.07, 6.45) is 3.66. The number of hydrogen-bond donors (Lipinski definition) is 1. The third kappa shape index (κ3) is 4.24. The van der Waals surface area contributed by atoms with Crippen molar-refractivity contribution in [2.24, 2.45) is 0 Å². The molecule has 0 amide bonds. The topological polar surface area (TPSA) is 85.1 Å². The molecule has 2 atom stereocenters. The van der Waals surface area contributed by atoms with E-state index < -0.39 is 15.7 Å². The Morgan fingerprint density at radius 3 is 2.79 bits per heavy atom. The lowest BCUT2D eigenvalue weighted by atomic mass is 10.2. The first-order valence-corrected chi connectivity index (χ1v) is 8.11. The number of hydrogen-bond acceptors (Lipinski definition) is 5. The van der Waals surface area contributed by atoms with Gasteiger partial charge in [0.15, 0.2) is 0 Å². The average Bonchev–Trinajstić information content (AvgIpc) is 2.33. The molecule has 19 heavy (non-hydrogen) atoms. The smallest absolute Gasteiger partial charge is 0.291 e. The first kappa shape index (κ1) is 16.0. The molecule has 0 spiro atoms. The summed E-state index contributed by atoms with van der Waals surface area (Å²) >= 11 is 3.31. The number of nitrogens with one attached hydrogen (secondary N) is 1. The van der Waals surface area contributed by atoms with Gasteiger partial charge in [0.05, 0.1) is 9.40 Å². The molecule has 1 heterocycles. The maximum Gasteiger partial charge on any atom is 0.291 e. The van der Waals surface area contributed by atoms with Gasteiger partial charge in [0.1, 0.15) is 12.0 Å². The highest BCUT2D eigenvalue weighted by Gasteiger charge is 2.17. The van der Waals surface area contributed by atoms with Crippen LogP contribution in [0.3, 0.4) is 0 Å². The average molecular weight is 350 g/mol. The molecule has 1 rings (SSSR count). The van der Waals surface area contributed by atoms with E-state index in [2.05, 4.69) is 26.2 Å². The minimum Gasteiger partial charge on any atom is -0.369 e. The molecule has 0 fully saturated rings. The lowest BCUT2D eigenvalue weighted by molar-refractivity contribution is -0.385. The molecule has 0 aromatic carbocycles. The van der Waals surface area contributed by atoms with Crippen LogP contribution in [0.2, 0.25) is 0 Å². The van der Waals surface area contributed by atoms with Crippen LogP contribution in [-0.2, 0) is 10.8 Å². The molecule has 1 N–H and O–H groups in total. The van der Waals surface area contributed by atoms with Gasteiger partial charge < -0.3 is 5.32 Å². The summed E-state index contributed by atoms with van der Waals surface area (Å²) in [5.41, 5.74) is 0.523. The van der Waals surface area contributed by atoms with Crippen LogP contribution in [0.25, 0.3) is 0 Å². The van der Waals surface area contributed by atoms with Crippen molar-refractivity contribution in [3.63, 3.8) is 0 Å².